The Morgan fingerprint density at radius 1 is 0.367 bits per heavy atom. The number of aliphatic hydroxyl groups excluding tert-OH is 1. The van der Waals surface area contributed by atoms with Gasteiger partial charge in [0.05, 0.1) is 122 Å². The quantitative estimate of drug-likeness (QED) is 0.0114. The fraction of sp³-hybridized carbons (Fsp3) is 0.412. The zero-order valence-corrected chi connectivity index (χ0v) is 84.1. The van der Waals surface area contributed by atoms with Gasteiger partial charge in [-0.3, -0.25) is 72.3 Å². The fourth-order valence-corrected chi connectivity index (χ4v) is 20.5. The number of halogens is 1. The minimum absolute atomic E-state index is 0. The van der Waals surface area contributed by atoms with Crippen LogP contribution < -0.4 is 17.0 Å². The summed E-state index contributed by atoms with van der Waals surface area (Å²) < 4.78 is 10.4. The first kappa shape index (κ1) is 115. The number of benzene rings is 5. The number of aliphatic imine (C=N–C) groups is 2. The van der Waals surface area contributed by atoms with Crippen molar-refractivity contribution >= 4 is 88.4 Å². The van der Waals surface area contributed by atoms with Gasteiger partial charge in [0.2, 0.25) is 0 Å². The summed E-state index contributed by atoms with van der Waals surface area (Å²) >= 11 is 0. The predicted molar refractivity (Wildman–Crippen MR) is 541 cm³/mol. The topological polar surface area (TPSA) is 426 Å². The Kier molecular flexibility index (Phi) is 37.7. The molecule has 6 fully saturated rings. The van der Waals surface area contributed by atoms with Crippen LogP contribution in [0.1, 0.15) is 240 Å². The number of hydrogen-bond acceptors (Lipinski definition) is 25. The molecule has 147 heavy (non-hydrogen) atoms. The molecule has 0 aliphatic carbocycles. The maximum Gasteiger partial charge on any atom is 2.00 e. The van der Waals surface area contributed by atoms with Crippen molar-refractivity contribution in [3.8, 4) is 0 Å². The van der Waals surface area contributed by atoms with Crippen molar-refractivity contribution in [1.29, 1.82) is 0 Å². The van der Waals surface area contributed by atoms with Crippen LogP contribution in [0.4, 0.5) is 28.8 Å². The first-order valence-corrected chi connectivity index (χ1v) is 45.6. The van der Waals surface area contributed by atoms with Crippen molar-refractivity contribution in [1.82, 2.24) is 118 Å². The summed E-state index contributed by atoms with van der Waals surface area (Å²) in [5, 5.41) is 66.3. The van der Waals surface area contributed by atoms with E-state index in [4.69, 9.17) is 24.2 Å². The number of carbonyl (C=O) groups is 8. The standard InChI is InChI=1S/C18H21N5O2.C17H19N5O3.C17H20N4O3.C17H18N4O3.C16H16N4O3.C11H15N5O2.5CH4.CH3.BrH.Mg/c1-12(19-2)16-17-14(9-20-21(17)3)15-10-22(16)18(24)23(15)25-11-13-7-5-4-6-8-13;1-11(19-24)15-16-13(8-18-20(16)2)14-9-21(15)17(23)22(14)25-10-12-6-4-3-5-7-12;2*1-11(22)15-16-13(8-18-19(16)2)14-9-20(15)17(23)21(14)24-10-12-6-4-3-5-7-12;1-18-15-12(7-17-18)13-8-19(14(15)9-21)16(22)20(13)23-10-11-5-3-2-4-6-11;1-6(12-2)9-10-7(4-13-14(10)3)8-5-15(9)11(17)16(8)18;;;;;;;;/h4-9,15-16H,10-11H2,1-3H3;3-8,14-15,24H,9-10H2,1-2H3;3-8,11,14-15,22H,9-10H2,1-2H3;3-8,14-15H,9-10H2,1-2H3;2-7,9,13-14H,8,10H2,1H3;4,8-9,18H,5H2,1-3H3;5*1H4;1H3;1H;/q;;;;;;;;;;;-1;;+2/p-1/b;19-11+;;;;;;;;;;;;/t15-,16+;14-,15+;11?,14-,15+;14-,15+;13-,14+;8-,9+;;;;;;;;/m000000......../s1. The van der Waals surface area contributed by atoms with Gasteiger partial charge in [-0.1, -0.05) is 194 Å². The summed E-state index contributed by atoms with van der Waals surface area (Å²) in [7, 11) is 14.4. The molecule has 0 radical (unpaired) electrons. The normalized spacial score (nSPS) is 21.9. The summed E-state index contributed by atoms with van der Waals surface area (Å²) in [6.45, 7) is 13.3. The zero-order chi connectivity index (χ0) is 97.8. The van der Waals surface area contributed by atoms with Gasteiger partial charge in [-0.2, -0.15) is 61.0 Å². The van der Waals surface area contributed by atoms with Crippen LogP contribution in [0.15, 0.2) is 204 Å². The van der Waals surface area contributed by atoms with Gasteiger partial charge in [0.15, 0.2) is 5.78 Å². The Labute approximate surface area is 882 Å². The number of carbonyl (C=O) groups excluding carboxylic acids is 8. The number of Topliss-reactive ketones (excluding diaryl/α,β-unsaturated/α-hetero) is 1. The van der Waals surface area contributed by atoms with Crippen LogP contribution in [0.5, 0.6) is 0 Å². The van der Waals surface area contributed by atoms with Gasteiger partial charge < -0.3 is 68.9 Å². The Bertz CT molecular complexity index is 6400. The number of hydrogen-bond donors (Lipinski definition) is 3. The smallest absolute Gasteiger partial charge is 1.00 e. The number of ketones is 1. The monoisotopic (exact) mass is 2090 g/mol. The molecule has 5 aromatic carbocycles. The minimum Gasteiger partial charge on any atom is -1.00 e. The molecule has 23 rings (SSSR count). The van der Waals surface area contributed by atoms with E-state index < -0.39 is 30.3 Å². The molecule has 12 aliphatic rings. The van der Waals surface area contributed by atoms with Crippen LogP contribution in [0, 0.1) is 7.43 Å². The van der Waals surface area contributed by atoms with Gasteiger partial charge in [0.25, 0.3) is 0 Å². The molecule has 45 heteroatoms. The molecule has 12 amide bonds. The van der Waals surface area contributed by atoms with E-state index in [0.717, 1.165) is 118 Å². The summed E-state index contributed by atoms with van der Waals surface area (Å²) in [4.78, 5) is 147. The van der Waals surface area contributed by atoms with Crippen molar-refractivity contribution < 1.29 is 95.0 Å². The third-order valence-corrected chi connectivity index (χ3v) is 27.4. The second-order valence-electron chi connectivity index (χ2n) is 35.6. The van der Waals surface area contributed by atoms with Crippen LogP contribution in [0.25, 0.3) is 0 Å². The minimum atomic E-state index is -0.682. The maximum absolute atomic E-state index is 13.0. The van der Waals surface area contributed by atoms with Crippen molar-refractivity contribution in [2.75, 3.05) is 53.4 Å². The summed E-state index contributed by atoms with van der Waals surface area (Å²) in [6, 6.07) is 43.3. The van der Waals surface area contributed by atoms with E-state index >= 15 is 0 Å². The second kappa shape index (κ2) is 48.2. The Morgan fingerprint density at radius 2 is 0.599 bits per heavy atom. The van der Waals surface area contributed by atoms with Gasteiger partial charge in [-0.25, -0.2) is 28.8 Å². The summed E-state index contributed by atoms with van der Waals surface area (Å²) in [5.41, 5.74) is 17.9. The first-order valence-electron chi connectivity index (χ1n) is 45.6. The molecule has 6 saturated heterocycles. The summed E-state index contributed by atoms with van der Waals surface area (Å²) in [5.74, 6) is -0.0726. The Morgan fingerprint density at radius 3 is 0.891 bits per heavy atom. The van der Waals surface area contributed by atoms with E-state index in [1.54, 1.807) is 116 Å². The van der Waals surface area contributed by atoms with Crippen molar-refractivity contribution in [3.05, 3.63) is 292 Å². The van der Waals surface area contributed by atoms with E-state index in [1.807, 2.05) is 209 Å². The molecule has 18 heterocycles. The number of aliphatic hydroxyl groups is 1. The zero-order valence-electron chi connectivity index (χ0n) is 81.1. The molecule has 6 aromatic heterocycles. The number of hydroxylamine groups is 12. The SMILES string of the molecule is C.C.C.C.C.C/C(=N\O)[C@@H]1c2c(cnn2C)[C@@H]2CN1C(=O)N2OCc1ccccc1.CC(=O)[C@@H]1c2c(cnn2C)[C@@H]2CN1C(=O)N2OCc1ccccc1.CC(O)[C@@H]1c2c(cnn2C)[C@@H]2CN1C(=O)N2OCc1ccccc1.CN=C(C)[C@@H]1c2c(cnn2C)[C@@H]2CN1C(=O)N2O.CN=C(C)[C@@H]1c2c(cnn2C)[C@@H]2CN1C(=O)N2OCc1ccccc1.Cn1ncc2c1[C@@H](C=O)N1C[C@@H]2N(OCc2ccccc2)C1=O.[Br-].[CH3-].[Mg+2]. The van der Waals surface area contributed by atoms with Gasteiger partial charge in [-0.05, 0) is 62.4 Å². The third-order valence-electron chi connectivity index (χ3n) is 27.4. The van der Waals surface area contributed by atoms with Gasteiger partial charge >= 0.3 is 59.2 Å². The average Bonchev–Trinajstić information content (AvgIpc) is 1.59. The molecule has 13 atom stereocenters. The van der Waals surface area contributed by atoms with Gasteiger partial charge in [0, 0.05) is 101 Å². The Balaban J connectivity index is 0.000000179. The molecule has 11 aromatic rings. The van der Waals surface area contributed by atoms with Crippen LogP contribution >= 0.6 is 0 Å². The van der Waals surface area contributed by atoms with Crippen molar-refractivity contribution in [2.45, 2.75) is 183 Å². The number of urea groups is 6. The molecular weight excluding hydrogens is 1960 g/mol. The molecule has 3 N–H and O–H groups in total. The van der Waals surface area contributed by atoms with E-state index in [2.05, 4.69) is 45.7 Å². The number of oxime groups is 1. The molecule has 12 bridgehead atoms. The number of amides is 12. The van der Waals surface area contributed by atoms with Crippen LogP contribution in [-0.4, -0.2) is 282 Å². The molecule has 0 spiro atoms. The number of aromatic nitrogens is 12. The van der Waals surface area contributed by atoms with Crippen LogP contribution in [-0.2, 0) is 109 Å². The number of fused-ring (bicyclic) bond motifs is 24. The summed E-state index contributed by atoms with van der Waals surface area (Å²) in [6.07, 6.45) is 10.6. The largest absolute Gasteiger partial charge is 2.00 e. The van der Waals surface area contributed by atoms with E-state index in [0.29, 0.717) is 78.0 Å². The second-order valence-corrected chi connectivity index (χ2v) is 35.6. The molecule has 43 nitrogen and oxygen atoms in total. The maximum atomic E-state index is 13.0. The molecule has 1 unspecified atom stereocenters. The fourth-order valence-electron chi connectivity index (χ4n) is 20.5. The number of rotatable bonds is 21. The molecule has 12 aliphatic heterocycles. The van der Waals surface area contributed by atoms with Gasteiger partial charge in [0.1, 0.15) is 112 Å². The number of aldehydes is 1. The number of nitrogens with zero attached hydrogens (tertiary/aromatic N) is 27. The van der Waals surface area contributed by atoms with E-state index in [1.165, 1.54) is 37.1 Å². The first-order chi connectivity index (χ1) is 67.1. The van der Waals surface area contributed by atoms with Crippen LogP contribution in [0.2, 0.25) is 0 Å². The molecular formula is C102H132BrMgN27O16. The van der Waals surface area contributed by atoms with E-state index in [-0.39, 0.29) is 175 Å². The van der Waals surface area contributed by atoms with Crippen LogP contribution in [0.3, 0.4) is 0 Å². The average molecular weight is 2100 g/mol. The molecule has 780 valence electrons. The molecule has 0 saturated carbocycles. The number of aryl methyl sites for hydroxylation is 6. The van der Waals surface area contributed by atoms with Crippen molar-refractivity contribution in [2.24, 2.45) is 57.4 Å². The van der Waals surface area contributed by atoms with Crippen molar-refractivity contribution in [3.63, 3.8) is 0 Å². The third kappa shape index (κ3) is 21.2. The Hall–Kier alpha value is -13.9. The predicted octanol–water partition coefficient (Wildman–Crippen LogP) is 11.0. The van der Waals surface area contributed by atoms with E-state index in [9.17, 15) is 53.9 Å². The van der Waals surface area contributed by atoms with Gasteiger partial charge in [-0.15, -0.1) is 0 Å².